The Balaban J connectivity index is 1.89. The van der Waals surface area contributed by atoms with Crippen molar-refractivity contribution in [3.8, 4) is 0 Å². The summed E-state index contributed by atoms with van der Waals surface area (Å²) in [5.41, 5.74) is 1.49. The molecule has 0 aliphatic rings. The quantitative estimate of drug-likeness (QED) is 0.637. The van der Waals surface area contributed by atoms with Crippen molar-refractivity contribution < 1.29 is 13.9 Å². The molecule has 0 unspecified atom stereocenters. The average molecular weight is 260 g/mol. The van der Waals surface area contributed by atoms with Crippen molar-refractivity contribution in [1.29, 1.82) is 0 Å². The fourth-order valence-electron chi connectivity index (χ4n) is 1.60. The molecule has 1 aromatic heterocycles. The second kappa shape index (κ2) is 6.70. The molecule has 19 heavy (non-hydrogen) atoms. The highest BCUT2D eigenvalue weighted by Gasteiger charge is 2.02. The van der Waals surface area contributed by atoms with Gasteiger partial charge in [-0.15, -0.1) is 0 Å². The van der Waals surface area contributed by atoms with Crippen molar-refractivity contribution >= 4 is 23.1 Å². The van der Waals surface area contributed by atoms with E-state index in [9.17, 15) is 4.79 Å². The number of methoxy groups -OCH3 is 1. The van der Waals surface area contributed by atoms with Crippen LogP contribution in [0.5, 0.6) is 0 Å². The maximum atomic E-state index is 11.5. The van der Waals surface area contributed by atoms with Crippen molar-refractivity contribution in [2.45, 2.75) is 6.42 Å². The maximum Gasteiger partial charge on any atom is 0.244 e. The summed E-state index contributed by atoms with van der Waals surface area (Å²) in [5, 5.41) is 2.75. The molecule has 0 fully saturated rings. The van der Waals surface area contributed by atoms with Crippen LogP contribution in [0.25, 0.3) is 17.2 Å². The van der Waals surface area contributed by atoms with Crippen LogP contribution in [-0.4, -0.2) is 31.2 Å². The second-order valence-electron chi connectivity index (χ2n) is 3.99. The maximum absolute atomic E-state index is 11.5. The number of amides is 1. The first-order valence-electron chi connectivity index (χ1n) is 6.10. The van der Waals surface area contributed by atoms with Crippen LogP contribution in [-0.2, 0) is 9.53 Å². The minimum atomic E-state index is -0.168. The van der Waals surface area contributed by atoms with E-state index in [1.807, 2.05) is 24.3 Å². The van der Waals surface area contributed by atoms with Crippen molar-refractivity contribution in [3.63, 3.8) is 0 Å². The molecule has 0 atom stereocenters. The summed E-state index contributed by atoms with van der Waals surface area (Å²) in [6.07, 6.45) is 3.77. The second-order valence-corrected chi connectivity index (χ2v) is 3.99. The van der Waals surface area contributed by atoms with E-state index in [1.165, 1.54) is 6.08 Å². The summed E-state index contributed by atoms with van der Waals surface area (Å²) in [6.45, 7) is 1.22. The number of fused-ring (bicyclic) bond motifs is 1. The number of oxazole rings is 1. The van der Waals surface area contributed by atoms with Gasteiger partial charge in [0.1, 0.15) is 5.52 Å². The number of hydrogen-bond acceptors (Lipinski definition) is 4. The zero-order chi connectivity index (χ0) is 13.5. The highest BCUT2D eigenvalue weighted by atomic mass is 16.5. The van der Waals surface area contributed by atoms with E-state index in [1.54, 1.807) is 13.2 Å². The van der Waals surface area contributed by atoms with Gasteiger partial charge in [0, 0.05) is 32.4 Å². The van der Waals surface area contributed by atoms with E-state index in [4.69, 9.17) is 9.15 Å². The molecule has 0 aliphatic heterocycles. The number of nitrogens with zero attached hydrogens (tertiary/aromatic N) is 1. The molecular formula is C14H16N2O3. The summed E-state index contributed by atoms with van der Waals surface area (Å²) in [6, 6.07) is 7.47. The number of ether oxygens (including phenoxy) is 1. The molecule has 1 N–H and O–H groups in total. The number of rotatable bonds is 6. The minimum Gasteiger partial charge on any atom is -0.437 e. The first-order chi connectivity index (χ1) is 9.29. The predicted molar refractivity (Wildman–Crippen MR) is 72.5 cm³/mol. The first-order valence-corrected chi connectivity index (χ1v) is 6.10. The first kappa shape index (κ1) is 13.3. The average Bonchev–Trinajstić information content (AvgIpc) is 2.84. The van der Waals surface area contributed by atoms with Gasteiger partial charge in [-0.3, -0.25) is 4.79 Å². The van der Waals surface area contributed by atoms with Crippen LogP contribution in [0.15, 0.2) is 34.8 Å². The molecule has 0 aliphatic carbocycles. The molecule has 100 valence electrons. The molecule has 1 amide bonds. The summed E-state index contributed by atoms with van der Waals surface area (Å²) in [7, 11) is 1.63. The van der Waals surface area contributed by atoms with Crippen LogP contribution in [0.3, 0.4) is 0 Å². The van der Waals surface area contributed by atoms with Crippen LogP contribution in [0.2, 0.25) is 0 Å². The molecule has 0 spiro atoms. The van der Waals surface area contributed by atoms with Crippen LogP contribution < -0.4 is 5.32 Å². The highest BCUT2D eigenvalue weighted by Crippen LogP contribution is 2.15. The standard InChI is InChI=1S/C14H16N2O3/c1-18-10-4-9-15-13(17)7-8-14-16-11-5-2-3-6-12(11)19-14/h2-3,5-8H,4,9-10H2,1H3,(H,15,17)/b8-7+. The van der Waals surface area contributed by atoms with Crippen molar-refractivity contribution in [3.05, 3.63) is 36.2 Å². The molecule has 2 rings (SSSR count). The topological polar surface area (TPSA) is 64.4 Å². The molecular weight excluding hydrogens is 244 g/mol. The lowest BCUT2D eigenvalue weighted by Crippen LogP contribution is -2.22. The summed E-state index contributed by atoms with van der Waals surface area (Å²) < 4.78 is 10.4. The SMILES string of the molecule is COCCCNC(=O)/C=C/c1nc2ccccc2o1. The number of para-hydroxylation sites is 2. The molecule has 0 radical (unpaired) electrons. The van der Waals surface area contributed by atoms with E-state index >= 15 is 0 Å². The Labute approximate surface area is 111 Å². The van der Waals surface area contributed by atoms with Crippen LogP contribution in [0, 0.1) is 0 Å². The number of aromatic nitrogens is 1. The third-order valence-electron chi connectivity index (χ3n) is 2.51. The largest absolute Gasteiger partial charge is 0.437 e. The van der Waals surface area contributed by atoms with E-state index in [0.29, 0.717) is 24.6 Å². The Kier molecular flexibility index (Phi) is 4.69. The number of nitrogens with one attached hydrogen (secondary N) is 1. The van der Waals surface area contributed by atoms with Gasteiger partial charge in [-0.1, -0.05) is 12.1 Å². The molecule has 0 saturated carbocycles. The zero-order valence-electron chi connectivity index (χ0n) is 10.8. The molecule has 5 nitrogen and oxygen atoms in total. The molecule has 1 aromatic carbocycles. The van der Waals surface area contributed by atoms with Crippen molar-refractivity contribution in [1.82, 2.24) is 10.3 Å². The smallest absolute Gasteiger partial charge is 0.244 e. The Morgan fingerprint density at radius 1 is 1.47 bits per heavy atom. The van der Waals surface area contributed by atoms with E-state index in [-0.39, 0.29) is 5.91 Å². The summed E-state index contributed by atoms with van der Waals surface area (Å²) >= 11 is 0. The van der Waals surface area contributed by atoms with Gasteiger partial charge in [0.05, 0.1) is 0 Å². The third kappa shape index (κ3) is 3.93. The highest BCUT2D eigenvalue weighted by molar-refractivity contribution is 5.91. The Morgan fingerprint density at radius 3 is 3.11 bits per heavy atom. The molecule has 0 bridgehead atoms. The number of hydrogen-bond donors (Lipinski definition) is 1. The monoisotopic (exact) mass is 260 g/mol. The molecule has 2 aromatic rings. The molecule has 5 heteroatoms. The normalized spacial score (nSPS) is 11.2. The van der Waals surface area contributed by atoms with Gasteiger partial charge in [-0.25, -0.2) is 4.98 Å². The van der Waals surface area contributed by atoms with Gasteiger partial charge >= 0.3 is 0 Å². The predicted octanol–water partition coefficient (Wildman–Crippen LogP) is 1.99. The Hall–Kier alpha value is -2.14. The summed E-state index contributed by atoms with van der Waals surface area (Å²) in [5.74, 6) is 0.256. The number of carbonyl (C=O) groups is 1. The molecule has 1 heterocycles. The summed E-state index contributed by atoms with van der Waals surface area (Å²) in [4.78, 5) is 15.7. The Morgan fingerprint density at radius 2 is 2.32 bits per heavy atom. The van der Waals surface area contributed by atoms with E-state index in [2.05, 4.69) is 10.3 Å². The van der Waals surface area contributed by atoms with Crippen LogP contribution in [0.1, 0.15) is 12.3 Å². The van der Waals surface area contributed by atoms with Gasteiger partial charge in [-0.2, -0.15) is 0 Å². The van der Waals surface area contributed by atoms with Gasteiger partial charge in [0.2, 0.25) is 11.8 Å². The fraction of sp³-hybridized carbons (Fsp3) is 0.286. The lowest BCUT2D eigenvalue weighted by Gasteiger charge is -2.00. The van der Waals surface area contributed by atoms with Crippen molar-refractivity contribution in [2.24, 2.45) is 0 Å². The Bertz CT molecular complexity index is 542. The van der Waals surface area contributed by atoms with Gasteiger partial charge in [0.15, 0.2) is 5.58 Å². The van der Waals surface area contributed by atoms with E-state index < -0.39 is 0 Å². The third-order valence-corrected chi connectivity index (χ3v) is 2.51. The lowest BCUT2D eigenvalue weighted by molar-refractivity contribution is -0.116. The van der Waals surface area contributed by atoms with E-state index in [0.717, 1.165) is 11.9 Å². The van der Waals surface area contributed by atoms with Crippen LogP contribution in [0.4, 0.5) is 0 Å². The fourth-order valence-corrected chi connectivity index (χ4v) is 1.60. The van der Waals surface area contributed by atoms with Gasteiger partial charge < -0.3 is 14.5 Å². The molecule has 0 saturated heterocycles. The zero-order valence-corrected chi connectivity index (χ0v) is 10.8. The van der Waals surface area contributed by atoms with Crippen LogP contribution >= 0.6 is 0 Å². The number of carbonyl (C=O) groups excluding carboxylic acids is 1. The number of benzene rings is 1. The van der Waals surface area contributed by atoms with Crippen molar-refractivity contribution in [2.75, 3.05) is 20.3 Å². The lowest BCUT2D eigenvalue weighted by atomic mass is 10.3. The minimum absolute atomic E-state index is 0.168. The van der Waals surface area contributed by atoms with Gasteiger partial charge in [0.25, 0.3) is 0 Å². The van der Waals surface area contributed by atoms with Gasteiger partial charge in [-0.05, 0) is 18.6 Å².